The van der Waals surface area contributed by atoms with Crippen LogP contribution in [0.15, 0.2) is 35.9 Å². The highest BCUT2D eigenvalue weighted by Gasteiger charge is 2.21. The van der Waals surface area contributed by atoms with Gasteiger partial charge in [-0.3, -0.25) is 9.10 Å². The maximum atomic E-state index is 12.1. The van der Waals surface area contributed by atoms with Gasteiger partial charge in [0.1, 0.15) is 6.07 Å². The Morgan fingerprint density at radius 2 is 2.08 bits per heavy atom. The lowest BCUT2D eigenvalue weighted by Crippen LogP contribution is -2.35. The molecule has 0 heterocycles. The van der Waals surface area contributed by atoms with Gasteiger partial charge in [-0.15, -0.1) is 0 Å². The minimum absolute atomic E-state index is 0.00601. The molecule has 2 rings (SSSR count). The molecule has 1 amide bonds. The van der Waals surface area contributed by atoms with Gasteiger partial charge in [0.2, 0.25) is 15.9 Å². The summed E-state index contributed by atoms with van der Waals surface area (Å²) in [5, 5.41) is 12.0. The number of hydrogen-bond donors (Lipinski definition) is 1. The van der Waals surface area contributed by atoms with E-state index in [1.807, 2.05) is 6.07 Å². The molecule has 0 bridgehead atoms. The van der Waals surface area contributed by atoms with Crippen molar-refractivity contribution in [2.45, 2.75) is 38.5 Å². The van der Waals surface area contributed by atoms with E-state index in [4.69, 9.17) is 0 Å². The minimum atomic E-state index is -3.59. The molecule has 0 aliphatic heterocycles. The van der Waals surface area contributed by atoms with Crippen molar-refractivity contribution in [2.75, 3.05) is 23.7 Å². The average Bonchev–Trinajstić information content (AvgIpc) is 2.62. The number of carbonyl (C=O) groups excluding carboxylic acids is 1. The summed E-state index contributed by atoms with van der Waals surface area (Å²) in [4.78, 5) is 12.1. The molecule has 0 spiro atoms. The number of carbonyl (C=O) groups is 1. The van der Waals surface area contributed by atoms with Crippen LogP contribution >= 0.6 is 0 Å². The van der Waals surface area contributed by atoms with Crippen molar-refractivity contribution in [1.29, 1.82) is 5.26 Å². The Bertz CT molecular complexity index is 810. The number of amides is 1. The van der Waals surface area contributed by atoms with Gasteiger partial charge in [-0.05, 0) is 44.2 Å². The van der Waals surface area contributed by atoms with Crippen LogP contribution in [0.1, 0.15) is 44.1 Å². The fourth-order valence-electron chi connectivity index (χ4n) is 3.04. The molecule has 0 unspecified atom stereocenters. The molecule has 0 atom stereocenters. The molecule has 6 nitrogen and oxygen atoms in total. The van der Waals surface area contributed by atoms with E-state index in [0.29, 0.717) is 12.2 Å². The monoisotopic (exact) mass is 375 g/mol. The van der Waals surface area contributed by atoms with Gasteiger partial charge in [0, 0.05) is 19.5 Å². The van der Waals surface area contributed by atoms with Crippen LogP contribution in [0.3, 0.4) is 0 Å². The van der Waals surface area contributed by atoms with E-state index in [1.165, 1.54) is 18.4 Å². The first-order valence-electron chi connectivity index (χ1n) is 8.83. The molecule has 1 aromatic carbocycles. The zero-order valence-electron chi connectivity index (χ0n) is 15.1. The van der Waals surface area contributed by atoms with Gasteiger partial charge in [-0.2, -0.15) is 5.26 Å². The van der Waals surface area contributed by atoms with Gasteiger partial charge >= 0.3 is 0 Å². The maximum Gasteiger partial charge on any atom is 0.232 e. The summed E-state index contributed by atoms with van der Waals surface area (Å²) in [7, 11) is -3.59. The van der Waals surface area contributed by atoms with Crippen molar-refractivity contribution in [2.24, 2.45) is 0 Å². The van der Waals surface area contributed by atoms with Crippen LogP contribution in [0, 0.1) is 11.3 Å². The number of hydrogen-bond acceptors (Lipinski definition) is 4. The Balaban J connectivity index is 1.92. The predicted molar refractivity (Wildman–Crippen MR) is 102 cm³/mol. The molecule has 0 radical (unpaired) electrons. The van der Waals surface area contributed by atoms with Crippen LogP contribution in [0.2, 0.25) is 0 Å². The van der Waals surface area contributed by atoms with Crippen molar-refractivity contribution >= 4 is 21.6 Å². The number of allylic oxidation sites excluding steroid dienone is 1. The summed E-state index contributed by atoms with van der Waals surface area (Å²) < 4.78 is 25.3. The van der Waals surface area contributed by atoms with Crippen LogP contribution in [-0.2, 0) is 14.8 Å². The van der Waals surface area contributed by atoms with Crippen LogP contribution in [0.25, 0.3) is 0 Å². The van der Waals surface area contributed by atoms with Gasteiger partial charge in [0.05, 0.1) is 17.5 Å². The topological polar surface area (TPSA) is 90.3 Å². The Labute approximate surface area is 155 Å². The molecule has 0 aromatic heterocycles. The third-order valence-electron chi connectivity index (χ3n) is 4.39. The van der Waals surface area contributed by atoms with Crippen LogP contribution < -0.4 is 9.62 Å². The van der Waals surface area contributed by atoms with Crippen molar-refractivity contribution in [3.05, 3.63) is 41.5 Å². The fraction of sp³-hybridized carbons (Fsp3) is 0.474. The fourth-order valence-corrected chi connectivity index (χ4v) is 3.98. The summed E-state index contributed by atoms with van der Waals surface area (Å²) in [6, 6.07) is 8.48. The van der Waals surface area contributed by atoms with Crippen molar-refractivity contribution < 1.29 is 13.2 Å². The maximum absolute atomic E-state index is 12.1. The highest BCUT2D eigenvalue weighted by molar-refractivity contribution is 7.92. The van der Waals surface area contributed by atoms with E-state index >= 15 is 0 Å². The molecule has 1 aliphatic rings. The highest BCUT2D eigenvalue weighted by Crippen LogP contribution is 2.22. The van der Waals surface area contributed by atoms with E-state index in [-0.39, 0.29) is 24.4 Å². The lowest BCUT2D eigenvalue weighted by atomic mass is 9.97. The molecule has 1 aliphatic carbocycles. The first kappa shape index (κ1) is 20.0. The molecule has 0 saturated carbocycles. The largest absolute Gasteiger partial charge is 0.356 e. The summed E-state index contributed by atoms with van der Waals surface area (Å²) >= 11 is 0. The number of rotatable bonds is 8. The number of nitrogens with zero attached hydrogens (tertiary/aromatic N) is 2. The second-order valence-corrected chi connectivity index (χ2v) is 8.33. The van der Waals surface area contributed by atoms with E-state index in [9.17, 15) is 18.5 Å². The molecular weight excluding hydrogens is 350 g/mol. The normalized spacial score (nSPS) is 14.2. The first-order chi connectivity index (χ1) is 12.4. The quantitative estimate of drug-likeness (QED) is 0.707. The molecule has 0 saturated heterocycles. The third kappa shape index (κ3) is 5.88. The Kier molecular flexibility index (Phi) is 7.22. The van der Waals surface area contributed by atoms with Crippen LogP contribution in [-0.4, -0.2) is 33.7 Å². The van der Waals surface area contributed by atoms with Crippen LogP contribution in [0.5, 0.6) is 0 Å². The van der Waals surface area contributed by atoms with E-state index < -0.39 is 10.0 Å². The van der Waals surface area contributed by atoms with Crippen molar-refractivity contribution in [3.63, 3.8) is 0 Å². The molecule has 0 fully saturated rings. The Hall–Kier alpha value is -2.33. The summed E-state index contributed by atoms with van der Waals surface area (Å²) in [5.41, 5.74) is 1.96. The predicted octanol–water partition coefficient (Wildman–Crippen LogP) is 2.72. The summed E-state index contributed by atoms with van der Waals surface area (Å²) in [6.07, 6.45) is 8.88. The smallest absolute Gasteiger partial charge is 0.232 e. The van der Waals surface area contributed by atoms with Crippen LogP contribution in [0.4, 0.5) is 5.69 Å². The van der Waals surface area contributed by atoms with Gasteiger partial charge in [0.15, 0.2) is 0 Å². The van der Waals surface area contributed by atoms with Gasteiger partial charge in [0.25, 0.3) is 0 Å². The van der Waals surface area contributed by atoms with Crippen molar-refractivity contribution in [3.8, 4) is 6.07 Å². The SMILES string of the molecule is CS(=O)(=O)N(CCC(=O)NCCC1=CCCCC1)c1ccccc1C#N. The highest BCUT2D eigenvalue weighted by atomic mass is 32.2. The number of nitriles is 1. The molecule has 7 heteroatoms. The number of benzene rings is 1. The molecule has 140 valence electrons. The molecule has 1 aromatic rings. The lowest BCUT2D eigenvalue weighted by molar-refractivity contribution is -0.120. The second-order valence-electron chi connectivity index (χ2n) is 6.42. The molecule has 26 heavy (non-hydrogen) atoms. The summed E-state index contributed by atoms with van der Waals surface area (Å²) in [5.74, 6) is -0.190. The van der Waals surface area contributed by atoms with Crippen molar-refractivity contribution in [1.82, 2.24) is 5.32 Å². The Morgan fingerprint density at radius 1 is 1.31 bits per heavy atom. The van der Waals surface area contributed by atoms with E-state index in [0.717, 1.165) is 29.8 Å². The number of anilines is 1. The number of para-hydroxylation sites is 1. The van der Waals surface area contributed by atoms with E-state index in [2.05, 4.69) is 11.4 Å². The Morgan fingerprint density at radius 3 is 2.73 bits per heavy atom. The second kappa shape index (κ2) is 9.39. The third-order valence-corrected chi connectivity index (χ3v) is 5.57. The number of sulfonamides is 1. The lowest BCUT2D eigenvalue weighted by Gasteiger charge is -2.23. The zero-order chi connectivity index (χ0) is 19.0. The zero-order valence-corrected chi connectivity index (χ0v) is 15.9. The minimum Gasteiger partial charge on any atom is -0.356 e. The standard InChI is InChI=1S/C19H25N3O3S/c1-26(24,25)22(18-10-6-5-9-17(18)15-20)14-12-19(23)21-13-11-16-7-3-2-4-8-16/h5-7,9-10H,2-4,8,11-14H2,1H3,(H,21,23). The molecule has 1 N–H and O–H groups in total. The summed E-state index contributed by atoms with van der Waals surface area (Å²) in [6.45, 7) is 0.574. The van der Waals surface area contributed by atoms with Gasteiger partial charge < -0.3 is 5.32 Å². The van der Waals surface area contributed by atoms with E-state index in [1.54, 1.807) is 24.3 Å². The average molecular weight is 375 g/mol. The van der Waals surface area contributed by atoms with Gasteiger partial charge in [-0.25, -0.2) is 8.42 Å². The first-order valence-corrected chi connectivity index (χ1v) is 10.7. The number of nitrogens with one attached hydrogen (secondary N) is 1. The van der Waals surface area contributed by atoms with Gasteiger partial charge in [-0.1, -0.05) is 23.8 Å². The molecular formula is C19H25N3O3S.